The first-order valence-corrected chi connectivity index (χ1v) is 9.62. The van der Waals surface area contributed by atoms with E-state index >= 15 is 0 Å². The Morgan fingerprint density at radius 2 is 1.88 bits per heavy atom. The molecule has 1 unspecified atom stereocenters. The lowest BCUT2D eigenvalue weighted by Gasteiger charge is -2.30. The van der Waals surface area contributed by atoms with Crippen molar-refractivity contribution in [2.24, 2.45) is 11.1 Å². The molecule has 136 valence electrons. The fourth-order valence-electron chi connectivity index (χ4n) is 2.54. The van der Waals surface area contributed by atoms with E-state index in [1.165, 1.54) is 18.4 Å². The molecule has 7 heteroatoms. The molecular formula is C17H29N3O3S. The number of carbonyl (C=O) groups excluding carboxylic acids is 1. The summed E-state index contributed by atoms with van der Waals surface area (Å²) in [5.74, 6) is -0.0941. The second-order valence-corrected chi connectivity index (χ2v) is 8.40. The van der Waals surface area contributed by atoms with Crippen LogP contribution in [-0.4, -0.2) is 39.3 Å². The summed E-state index contributed by atoms with van der Waals surface area (Å²) >= 11 is 0. The van der Waals surface area contributed by atoms with Gasteiger partial charge in [0.05, 0.1) is 16.4 Å². The SMILES string of the molecule is CCC(CC)(CN)C(=O)NC(C)c1cccc(S(=O)(=O)N(C)C)c1. The van der Waals surface area contributed by atoms with E-state index in [-0.39, 0.29) is 23.4 Å². The van der Waals surface area contributed by atoms with Gasteiger partial charge in [0.1, 0.15) is 0 Å². The molecule has 0 bridgehead atoms. The molecule has 0 saturated heterocycles. The molecule has 0 spiro atoms. The van der Waals surface area contributed by atoms with Crippen LogP contribution in [-0.2, 0) is 14.8 Å². The van der Waals surface area contributed by atoms with E-state index in [9.17, 15) is 13.2 Å². The number of nitrogens with zero attached hydrogens (tertiary/aromatic N) is 1. The Hall–Kier alpha value is -1.44. The Morgan fingerprint density at radius 3 is 2.33 bits per heavy atom. The van der Waals surface area contributed by atoms with Crippen molar-refractivity contribution in [3.05, 3.63) is 29.8 Å². The summed E-state index contributed by atoms with van der Waals surface area (Å²) in [5, 5.41) is 2.97. The second kappa shape index (κ2) is 8.09. The standard InChI is InChI=1S/C17H29N3O3S/c1-6-17(7-2,12-18)16(21)19-13(3)14-9-8-10-15(11-14)24(22,23)20(4)5/h8-11,13H,6-7,12,18H2,1-5H3,(H,19,21). The van der Waals surface area contributed by atoms with Gasteiger partial charge in [-0.05, 0) is 37.5 Å². The molecule has 0 aliphatic carbocycles. The topological polar surface area (TPSA) is 92.5 Å². The van der Waals surface area contributed by atoms with Crippen LogP contribution in [0.15, 0.2) is 29.2 Å². The van der Waals surface area contributed by atoms with E-state index in [0.29, 0.717) is 12.8 Å². The molecule has 1 rings (SSSR count). The molecule has 1 aromatic carbocycles. The first kappa shape index (κ1) is 20.6. The van der Waals surface area contributed by atoms with Crippen molar-refractivity contribution >= 4 is 15.9 Å². The smallest absolute Gasteiger partial charge is 0.242 e. The van der Waals surface area contributed by atoms with Gasteiger partial charge < -0.3 is 11.1 Å². The first-order valence-electron chi connectivity index (χ1n) is 8.18. The van der Waals surface area contributed by atoms with Gasteiger partial charge in [-0.1, -0.05) is 26.0 Å². The number of rotatable bonds is 8. The van der Waals surface area contributed by atoms with Gasteiger partial charge in [-0.2, -0.15) is 0 Å². The van der Waals surface area contributed by atoms with Crippen molar-refractivity contribution < 1.29 is 13.2 Å². The number of hydrogen-bond donors (Lipinski definition) is 2. The van der Waals surface area contributed by atoms with Crippen LogP contribution in [0, 0.1) is 5.41 Å². The highest BCUT2D eigenvalue weighted by Crippen LogP contribution is 2.27. The monoisotopic (exact) mass is 355 g/mol. The summed E-state index contributed by atoms with van der Waals surface area (Å²) in [4.78, 5) is 12.8. The summed E-state index contributed by atoms with van der Waals surface area (Å²) in [7, 11) is -0.520. The molecule has 0 aromatic heterocycles. The van der Waals surface area contributed by atoms with Gasteiger partial charge in [0.2, 0.25) is 15.9 Å². The average Bonchev–Trinajstić information content (AvgIpc) is 2.57. The molecule has 0 fully saturated rings. The van der Waals surface area contributed by atoms with Gasteiger partial charge in [-0.15, -0.1) is 0 Å². The molecule has 0 aliphatic heterocycles. The largest absolute Gasteiger partial charge is 0.349 e. The normalized spacial score (nSPS) is 13.8. The molecule has 3 N–H and O–H groups in total. The Labute approximate surface area is 145 Å². The van der Waals surface area contributed by atoms with Crippen LogP contribution in [0.4, 0.5) is 0 Å². The molecule has 24 heavy (non-hydrogen) atoms. The maximum absolute atomic E-state index is 12.6. The second-order valence-electron chi connectivity index (χ2n) is 6.25. The van der Waals surface area contributed by atoms with Gasteiger partial charge in [0.25, 0.3) is 0 Å². The minimum Gasteiger partial charge on any atom is -0.349 e. The summed E-state index contributed by atoms with van der Waals surface area (Å²) in [6.45, 7) is 6.02. The highest BCUT2D eigenvalue weighted by Gasteiger charge is 2.34. The lowest BCUT2D eigenvalue weighted by atomic mass is 9.81. The quantitative estimate of drug-likeness (QED) is 0.745. The zero-order valence-corrected chi connectivity index (χ0v) is 16.0. The van der Waals surface area contributed by atoms with Crippen LogP contribution in [0.5, 0.6) is 0 Å². The summed E-state index contributed by atoms with van der Waals surface area (Å²) in [6.07, 6.45) is 1.32. The Balaban J connectivity index is 3.05. The third-order valence-electron chi connectivity index (χ3n) is 4.71. The Morgan fingerprint density at radius 1 is 1.29 bits per heavy atom. The van der Waals surface area contributed by atoms with Crippen molar-refractivity contribution in [1.29, 1.82) is 0 Å². The Bertz CT molecular complexity index is 659. The number of benzene rings is 1. The summed E-state index contributed by atoms with van der Waals surface area (Å²) < 4.78 is 25.7. The van der Waals surface area contributed by atoms with Crippen LogP contribution < -0.4 is 11.1 Å². The van der Waals surface area contributed by atoms with Crippen molar-refractivity contribution in [1.82, 2.24) is 9.62 Å². The number of nitrogens with two attached hydrogens (primary N) is 1. The van der Waals surface area contributed by atoms with Crippen molar-refractivity contribution in [2.75, 3.05) is 20.6 Å². The minimum atomic E-state index is -3.50. The summed E-state index contributed by atoms with van der Waals surface area (Å²) in [6, 6.07) is 6.34. The third-order valence-corrected chi connectivity index (χ3v) is 6.52. The number of amides is 1. The molecule has 0 aliphatic rings. The van der Waals surface area contributed by atoms with E-state index < -0.39 is 15.4 Å². The van der Waals surface area contributed by atoms with Crippen LogP contribution in [0.1, 0.15) is 45.2 Å². The Kier molecular flexibility index (Phi) is 6.95. The maximum Gasteiger partial charge on any atom is 0.242 e. The molecule has 1 aromatic rings. The fourth-order valence-corrected chi connectivity index (χ4v) is 3.50. The van der Waals surface area contributed by atoms with Crippen LogP contribution in [0.2, 0.25) is 0 Å². The summed E-state index contributed by atoms with van der Waals surface area (Å²) in [5.41, 5.74) is 5.97. The van der Waals surface area contributed by atoms with Gasteiger partial charge in [-0.3, -0.25) is 4.79 Å². The molecule has 1 atom stereocenters. The number of nitrogens with one attached hydrogen (secondary N) is 1. The van der Waals surface area contributed by atoms with E-state index in [1.54, 1.807) is 18.2 Å². The highest BCUT2D eigenvalue weighted by molar-refractivity contribution is 7.89. The molecule has 0 radical (unpaired) electrons. The molecule has 0 heterocycles. The van der Waals surface area contributed by atoms with E-state index in [4.69, 9.17) is 5.73 Å². The van der Waals surface area contributed by atoms with Gasteiger partial charge >= 0.3 is 0 Å². The number of carbonyl (C=O) groups is 1. The van der Waals surface area contributed by atoms with Crippen LogP contribution in [0.25, 0.3) is 0 Å². The highest BCUT2D eigenvalue weighted by atomic mass is 32.2. The van der Waals surface area contributed by atoms with Crippen molar-refractivity contribution in [3.63, 3.8) is 0 Å². The molecular weight excluding hydrogens is 326 g/mol. The van der Waals surface area contributed by atoms with Crippen molar-refractivity contribution in [3.8, 4) is 0 Å². The van der Waals surface area contributed by atoms with Crippen LogP contribution in [0.3, 0.4) is 0 Å². The van der Waals surface area contributed by atoms with Gasteiger partial charge in [-0.25, -0.2) is 12.7 Å². The number of hydrogen-bond acceptors (Lipinski definition) is 4. The zero-order chi connectivity index (χ0) is 18.5. The predicted molar refractivity (Wildman–Crippen MR) is 95.9 cm³/mol. The van der Waals surface area contributed by atoms with Crippen molar-refractivity contribution in [2.45, 2.75) is 44.6 Å². The zero-order valence-electron chi connectivity index (χ0n) is 15.2. The van der Waals surface area contributed by atoms with E-state index in [2.05, 4.69) is 5.32 Å². The predicted octanol–water partition coefficient (Wildman–Crippen LogP) is 1.88. The minimum absolute atomic E-state index is 0.0941. The fraction of sp³-hybridized carbons (Fsp3) is 0.588. The van der Waals surface area contributed by atoms with Gasteiger partial charge in [0.15, 0.2) is 0 Å². The molecule has 1 amide bonds. The third kappa shape index (κ3) is 4.15. The molecule has 0 saturated carbocycles. The first-order chi connectivity index (χ1) is 11.1. The lowest BCUT2D eigenvalue weighted by Crippen LogP contribution is -2.46. The molecule has 6 nitrogen and oxygen atoms in total. The average molecular weight is 356 g/mol. The number of sulfonamides is 1. The lowest BCUT2D eigenvalue weighted by molar-refractivity contribution is -0.131. The van der Waals surface area contributed by atoms with E-state index in [1.807, 2.05) is 26.8 Å². The maximum atomic E-state index is 12.6. The van der Waals surface area contributed by atoms with E-state index in [0.717, 1.165) is 5.56 Å². The van der Waals surface area contributed by atoms with Crippen LogP contribution >= 0.6 is 0 Å². The van der Waals surface area contributed by atoms with Gasteiger partial charge in [0, 0.05) is 20.6 Å².